The van der Waals surface area contributed by atoms with E-state index in [2.05, 4.69) is 146 Å². The number of furan rings is 1. The van der Waals surface area contributed by atoms with Crippen LogP contribution in [0.4, 0.5) is 0 Å². The van der Waals surface area contributed by atoms with Gasteiger partial charge in [0.1, 0.15) is 11.2 Å². The molecule has 0 N–H and O–H groups in total. The fraction of sp³-hybridized carbons (Fsp3) is 0.0217. The maximum absolute atomic E-state index is 6.48. The van der Waals surface area contributed by atoms with E-state index in [1.54, 1.807) is 0 Å². The third-order valence-corrected chi connectivity index (χ3v) is 9.22. The first kappa shape index (κ1) is 29.5. The number of fused-ring (bicyclic) bond motifs is 3. The molecule has 4 heteroatoms. The van der Waals surface area contributed by atoms with Crippen LogP contribution < -0.4 is 0 Å². The minimum atomic E-state index is 0.585. The van der Waals surface area contributed by atoms with Crippen LogP contribution in [0.15, 0.2) is 174 Å². The van der Waals surface area contributed by atoms with E-state index in [1.807, 2.05) is 30.3 Å². The molecule has 2 heterocycles. The van der Waals surface area contributed by atoms with Crippen LogP contribution in [0.5, 0.6) is 0 Å². The van der Waals surface area contributed by atoms with E-state index in [1.165, 1.54) is 5.56 Å². The largest absolute Gasteiger partial charge is 0.456 e. The predicted octanol–water partition coefficient (Wildman–Crippen LogP) is 12.1. The van der Waals surface area contributed by atoms with Crippen LogP contribution in [0.1, 0.15) is 5.56 Å². The molecule has 0 saturated carbocycles. The molecular formula is C46H31N3O. The lowest BCUT2D eigenvalue weighted by atomic mass is 9.97. The van der Waals surface area contributed by atoms with Crippen molar-refractivity contribution in [3.05, 3.63) is 175 Å². The average molecular weight is 642 g/mol. The quantitative estimate of drug-likeness (QED) is 0.181. The molecule has 236 valence electrons. The van der Waals surface area contributed by atoms with Gasteiger partial charge in [0.25, 0.3) is 0 Å². The van der Waals surface area contributed by atoms with Gasteiger partial charge in [0.15, 0.2) is 17.5 Å². The summed E-state index contributed by atoms with van der Waals surface area (Å²) >= 11 is 0. The number of aryl methyl sites for hydroxylation is 1. The highest BCUT2D eigenvalue weighted by atomic mass is 16.3. The van der Waals surface area contributed by atoms with Gasteiger partial charge in [0.05, 0.1) is 0 Å². The summed E-state index contributed by atoms with van der Waals surface area (Å²) in [6, 6.07) is 58.6. The van der Waals surface area contributed by atoms with Gasteiger partial charge < -0.3 is 4.42 Å². The number of benzene rings is 7. The van der Waals surface area contributed by atoms with E-state index >= 15 is 0 Å². The molecule has 0 saturated heterocycles. The van der Waals surface area contributed by atoms with Gasteiger partial charge in [-0.05, 0) is 58.5 Å². The summed E-state index contributed by atoms with van der Waals surface area (Å²) < 4.78 is 6.48. The van der Waals surface area contributed by atoms with Gasteiger partial charge in [-0.2, -0.15) is 0 Å². The fourth-order valence-electron chi connectivity index (χ4n) is 6.76. The number of aromatic nitrogens is 3. The minimum Gasteiger partial charge on any atom is -0.456 e. The molecule has 0 bridgehead atoms. The Kier molecular flexibility index (Phi) is 7.33. The smallest absolute Gasteiger partial charge is 0.164 e. The van der Waals surface area contributed by atoms with Crippen molar-refractivity contribution in [3.63, 3.8) is 0 Å². The Bertz CT molecular complexity index is 2640. The molecule has 0 aliphatic heterocycles. The van der Waals surface area contributed by atoms with Crippen molar-refractivity contribution in [2.75, 3.05) is 0 Å². The van der Waals surface area contributed by atoms with Crippen LogP contribution in [0.3, 0.4) is 0 Å². The third-order valence-electron chi connectivity index (χ3n) is 9.22. The van der Waals surface area contributed by atoms with Crippen LogP contribution in [0.25, 0.3) is 89.5 Å². The summed E-state index contributed by atoms with van der Waals surface area (Å²) in [4.78, 5) is 15.3. The van der Waals surface area contributed by atoms with Gasteiger partial charge in [-0.1, -0.05) is 157 Å². The molecule has 7 aromatic carbocycles. The molecule has 0 amide bonds. The SMILES string of the molecule is Cc1cccc(-c2ccccc2-c2nc(-c3ccc(-c4ccccc4)cc3)nc(-c3ccc4c(c3)oc3cccc(-c5ccccc5)c34)n2)c1. The Morgan fingerprint density at radius 1 is 0.360 bits per heavy atom. The molecule has 0 aliphatic carbocycles. The number of rotatable bonds is 6. The zero-order valence-corrected chi connectivity index (χ0v) is 27.4. The molecule has 50 heavy (non-hydrogen) atoms. The first-order valence-corrected chi connectivity index (χ1v) is 16.8. The summed E-state index contributed by atoms with van der Waals surface area (Å²) in [5, 5.41) is 2.15. The lowest BCUT2D eigenvalue weighted by Crippen LogP contribution is -2.01. The molecule has 4 nitrogen and oxygen atoms in total. The Morgan fingerprint density at radius 2 is 0.920 bits per heavy atom. The molecule has 0 unspecified atom stereocenters. The summed E-state index contributed by atoms with van der Waals surface area (Å²) in [7, 11) is 0. The van der Waals surface area contributed by atoms with E-state index in [-0.39, 0.29) is 0 Å². The highest BCUT2D eigenvalue weighted by molar-refractivity contribution is 6.13. The maximum atomic E-state index is 6.48. The van der Waals surface area contributed by atoms with Crippen LogP contribution in [0.2, 0.25) is 0 Å². The van der Waals surface area contributed by atoms with E-state index in [0.29, 0.717) is 17.5 Å². The molecule has 0 spiro atoms. The average Bonchev–Trinajstić information content (AvgIpc) is 3.57. The van der Waals surface area contributed by atoms with Crippen molar-refractivity contribution in [1.82, 2.24) is 15.0 Å². The zero-order valence-electron chi connectivity index (χ0n) is 27.4. The third kappa shape index (κ3) is 5.43. The molecule has 0 atom stereocenters. The second kappa shape index (κ2) is 12.4. The molecule has 9 rings (SSSR count). The Labute approximate surface area is 290 Å². The van der Waals surface area contributed by atoms with Crippen molar-refractivity contribution in [3.8, 4) is 67.5 Å². The van der Waals surface area contributed by atoms with Crippen LogP contribution in [-0.4, -0.2) is 15.0 Å². The van der Waals surface area contributed by atoms with Gasteiger partial charge >= 0.3 is 0 Å². The van der Waals surface area contributed by atoms with Gasteiger partial charge in [-0.3, -0.25) is 0 Å². The van der Waals surface area contributed by atoms with Crippen LogP contribution >= 0.6 is 0 Å². The Balaban J connectivity index is 1.21. The summed E-state index contributed by atoms with van der Waals surface area (Å²) in [5.41, 5.74) is 12.3. The zero-order chi connectivity index (χ0) is 33.4. The van der Waals surface area contributed by atoms with E-state index in [9.17, 15) is 0 Å². The fourth-order valence-corrected chi connectivity index (χ4v) is 6.76. The normalized spacial score (nSPS) is 11.3. The number of nitrogens with zero attached hydrogens (tertiary/aromatic N) is 3. The predicted molar refractivity (Wildman–Crippen MR) is 204 cm³/mol. The number of hydrogen-bond donors (Lipinski definition) is 0. The van der Waals surface area contributed by atoms with Crippen molar-refractivity contribution in [2.45, 2.75) is 6.92 Å². The van der Waals surface area contributed by atoms with Gasteiger partial charge in [0, 0.05) is 27.5 Å². The topological polar surface area (TPSA) is 51.8 Å². The first-order chi connectivity index (χ1) is 24.7. The highest BCUT2D eigenvalue weighted by Crippen LogP contribution is 2.39. The van der Waals surface area contributed by atoms with Crippen molar-refractivity contribution >= 4 is 21.9 Å². The summed E-state index contributed by atoms with van der Waals surface area (Å²) in [5.74, 6) is 1.81. The standard InChI is InChI=1S/C46H31N3O/c1-30-12-10-17-35(28-30)37-18-8-9-19-39(37)46-48-44(34-24-22-32(23-25-34)31-13-4-2-5-14-31)47-45(49-46)36-26-27-40-42(29-36)50-41-21-11-20-38(43(40)41)33-15-6-3-7-16-33/h2-29H,1H3. The Hall–Kier alpha value is -6.65. The number of hydrogen-bond acceptors (Lipinski definition) is 4. The van der Waals surface area contributed by atoms with Gasteiger partial charge in [0.2, 0.25) is 0 Å². The molecular weight excluding hydrogens is 611 g/mol. The Morgan fingerprint density at radius 3 is 1.68 bits per heavy atom. The van der Waals surface area contributed by atoms with Crippen molar-refractivity contribution in [2.24, 2.45) is 0 Å². The first-order valence-electron chi connectivity index (χ1n) is 16.8. The monoisotopic (exact) mass is 641 g/mol. The molecule has 0 fully saturated rings. The van der Waals surface area contributed by atoms with Crippen molar-refractivity contribution in [1.29, 1.82) is 0 Å². The second-order valence-electron chi connectivity index (χ2n) is 12.5. The van der Waals surface area contributed by atoms with Crippen LogP contribution in [0, 0.1) is 6.92 Å². The lowest BCUT2D eigenvalue weighted by molar-refractivity contribution is 0.669. The van der Waals surface area contributed by atoms with E-state index in [0.717, 1.165) is 72.0 Å². The maximum Gasteiger partial charge on any atom is 0.164 e. The van der Waals surface area contributed by atoms with Gasteiger partial charge in [-0.25, -0.2) is 15.0 Å². The lowest BCUT2D eigenvalue weighted by Gasteiger charge is -2.12. The van der Waals surface area contributed by atoms with E-state index in [4.69, 9.17) is 19.4 Å². The molecule has 2 aromatic heterocycles. The van der Waals surface area contributed by atoms with Crippen LogP contribution in [-0.2, 0) is 0 Å². The molecule has 0 aliphatic rings. The minimum absolute atomic E-state index is 0.585. The molecule has 9 aromatic rings. The highest BCUT2D eigenvalue weighted by Gasteiger charge is 2.18. The molecule has 0 radical (unpaired) electrons. The summed E-state index contributed by atoms with van der Waals surface area (Å²) in [6.45, 7) is 2.11. The van der Waals surface area contributed by atoms with E-state index < -0.39 is 0 Å². The summed E-state index contributed by atoms with van der Waals surface area (Å²) in [6.07, 6.45) is 0. The van der Waals surface area contributed by atoms with Crippen molar-refractivity contribution < 1.29 is 4.42 Å². The second-order valence-corrected chi connectivity index (χ2v) is 12.5. The van der Waals surface area contributed by atoms with Gasteiger partial charge in [-0.15, -0.1) is 0 Å².